The van der Waals surface area contributed by atoms with Gasteiger partial charge >= 0.3 is 0 Å². The van der Waals surface area contributed by atoms with Gasteiger partial charge in [0.25, 0.3) is 0 Å². The van der Waals surface area contributed by atoms with E-state index in [0.29, 0.717) is 23.9 Å². The molecule has 1 aromatic carbocycles. The summed E-state index contributed by atoms with van der Waals surface area (Å²) in [5, 5.41) is 3.15. The zero-order valence-corrected chi connectivity index (χ0v) is 10.0. The van der Waals surface area contributed by atoms with Crippen LogP contribution in [0.5, 0.6) is 17.2 Å². The fourth-order valence-corrected chi connectivity index (χ4v) is 1.64. The van der Waals surface area contributed by atoms with E-state index >= 15 is 0 Å². The molecule has 1 heterocycles. The number of nitrogens with zero attached hydrogens (tertiary/aromatic N) is 1. The monoisotopic (exact) mass is 236 g/mol. The van der Waals surface area contributed by atoms with Crippen LogP contribution in [0.2, 0.25) is 0 Å². The summed E-state index contributed by atoms with van der Waals surface area (Å²) in [5.41, 5.74) is 0. The Kier molecular flexibility index (Phi) is 3.69. The van der Waals surface area contributed by atoms with Crippen molar-refractivity contribution in [3.63, 3.8) is 0 Å². The molecule has 5 heteroatoms. The minimum absolute atomic E-state index is 0.400. The fraction of sp³-hybridized carbons (Fsp3) is 0.417. The second-order valence-corrected chi connectivity index (χ2v) is 3.54. The first-order valence-corrected chi connectivity index (χ1v) is 5.46. The quantitative estimate of drug-likeness (QED) is 0.831. The number of hydrogen-bond acceptors (Lipinski definition) is 5. The predicted molar refractivity (Wildman–Crippen MR) is 65.3 cm³/mol. The molecule has 0 saturated carbocycles. The van der Waals surface area contributed by atoms with Gasteiger partial charge in [-0.2, -0.15) is 0 Å². The van der Waals surface area contributed by atoms with Crippen molar-refractivity contribution in [2.75, 3.05) is 33.9 Å². The molecule has 0 bridgehead atoms. The maximum Gasteiger partial charge on any atom is 0.203 e. The van der Waals surface area contributed by atoms with Crippen LogP contribution in [0.15, 0.2) is 23.2 Å². The summed E-state index contributed by atoms with van der Waals surface area (Å²) < 4.78 is 16.2. The SMILES string of the molecule is COc1cccc(OC)c1OCC1=NCCN1. The zero-order chi connectivity index (χ0) is 12.1. The van der Waals surface area contributed by atoms with Crippen LogP contribution in [-0.2, 0) is 0 Å². The van der Waals surface area contributed by atoms with Gasteiger partial charge in [-0.1, -0.05) is 6.07 Å². The predicted octanol–water partition coefficient (Wildman–Crippen LogP) is 1.08. The molecule has 5 nitrogen and oxygen atoms in total. The fourth-order valence-electron chi connectivity index (χ4n) is 1.64. The molecular formula is C12H16N2O3. The molecule has 0 amide bonds. The van der Waals surface area contributed by atoms with Gasteiger partial charge in [-0.25, -0.2) is 0 Å². The van der Waals surface area contributed by atoms with Crippen LogP contribution < -0.4 is 19.5 Å². The number of amidine groups is 1. The summed E-state index contributed by atoms with van der Waals surface area (Å²) in [6.07, 6.45) is 0. The third-order valence-corrected chi connectivity index (χ3v) is 2.48. The smallest absolute Gasteiger partial charge is 0.203 e. The maximum atomic E-state index is 5.69. The lowest BCUT2D eigenvalue weighted by Crippen LogP contribution is -2.25. The highest BCUT2D eigenvalue weighted by Crippen LogP contribution is 2.36. The van der Waals surface area contributed by atoms with Crippen molar-refractivity contribution < 1.29 is 14.2 Å². The molecule has 17 heavy (non-hydrogen) atoms. The number of ether oxygens (including phenoxy) is 3. The summed E-state index contributed by atoms with van der Waals surface area (Å²) >= 11 is 0. The van der Waals surface area contributed by atoms with Crippen LogP contribution in [0.1, 0.15) is 0 Å². The normalized spacial score (nSPS) is 13.9. The summed E-state index contributed by atoms with van der Waals surface area (Å²) in [5.74, 6) is 2.78. The van der Waals surface area contributed by atoms with Gasteiger partial charge in [-0.15, -0.1) is 0 Å². The second kappa shape index (κ2) is 5.43. The second-order valence-electron chi connectivity index (χ2n) is 3.54. The standard InChI is InChI=1S/C12H16N2O3/c1-15-9-4-3-5-10(16-2)12(9)17-8-11-13-6-7-14-11/h3-5H,6-8H2,1-2H3,(H,13,14). The Morgan fingerprint density at radius 3 is 2.47 bits per heavy atom. The van der Waals surface area contributed by atoms with E-state index in [9.17, 15) is 0 Å². The third kappa shape index (κ3) is 2.61. The molecule has 2 rings (SSSR count). The molecule has 0 spiro atoms. The van der Waals surface area contributed by atoms with E-state index in [1.54, 1.807) is 14.2 Å². The van der Waals surface area contributed by atoms with Gasteiger partial charge in [0.2, 0.25) is 5.75 Å². The first-order valence-electron chi connectivity index (χ1n) is 5.46. The highest BCUT2D eigenvalue weighted by molar-refractivity contribution is 5.85. The van der Waals surface area contributed by atoms with Gasteiger partial charge in [0.15, 0.2) is 11.5 Å². The van der Waals surface area contributed by atoms with E-state index in [4.69, 9.17) is 14.2 Å². The number of nitrogens with one attached hydrogen (secondary N) is 1. The molecule has 1 aliphatic heterocycles. The molecular weight excluding hydrogens is 220 g/mol. The van der Waals surface area contributed by atoms with Gasteiger partial charge in [0.05, 0.1) is 20.8 Å². The lowest BCUT2D eigenvalue weighted by Gasteiger charge is -2.14. The first kappa shape index (κ1) is 11.6. The van der Waals surface area contributed by atoms with E-state index in [0.717, 1.165) is 18.9 Å². The van der Waals surface area contributed by atoms with Gasteiger partial charge in [-0.05, 0) is 12.1 Å². The topological polar surface area (TPSA) is 52.1 Å². The summed E-state index contributed by atoms with van der Waals surface area (Å²) in [4.78, 5) is 4.26. The molecule has 0 aromatic heterocycles. The molecule has 0 saturated heterocycles. The van der Waals surface area contributed by atoms with Crippen molar-refractivity contribution in [2.45, 2.75) is 0 Å². The number of aliphatic imine (C=N–C) groups is 1. The minimum Gasteiger partial charge on any atom is -0.493 e. The summed E-state index contributed by atoms with van der Waals surface area (Å²) in [7, 11) is 3.21. The molecule has 0 aliphatic carbocycles. The number of rotatable bonds is 5. The molecule has 0 radical (unpaired) electrons. The van der Waals surface area contributed by atoms with E-state index < -0.39 is 0 Å². The maximum absolute atomic E-state index is 5.69. The van der Waals surface area contributed by atoms with E-state index in [1.165, 1.54) is 0 Å². The average molecular weight is 236 g/mol. The Balaban J connectivity index is 2.12. The number of hydrogen-bond donors (Lipinski definition) is 1. The molecule has 92 valence electrons. The van der Waals surface area contributed by atoms with Crippen LogP contribution in [0.25, 0.3) is 0 Å². The summed E-state index contributed by atoms with van der Waals surface area (Å²) in [6, 6.07) is 5.53. The first-order chi connectivity index (χ1) is 8.35. The lowest BCUT2D eigenvalue weighted by atomic mass is 10.3. The van der Waals surface area contributed by atoms with E-state index in [2.05, 4.69) is 10.3 Å². The van der Waals surface area contributed by atoms with Crippen molar-refractivity contribution in [1.82, 2.24) is 5.32 Å². The highest BCUT2D eigenvalue weighted by Gasteiger charge is 2.13. The average Bonchev–Trinajstić information content (AvgIpc) is 2.88. The molecule has 1 N–H and O–H groups in total. The van der Waals surface area contributed by atoms with Crippen molar-refractivity contribution in [3.8, 4) is 17.2 Å². The van der Waals surface area contributed by atoms with Crippen molar-refractivity contribution >= 4 is 5.84 Å². The molecule has 0 fully saturated rings. The number of benzene rings is 1. The largest absolute Gasteiger partial charge is 0.493 e. The van der Waals surface area contributed by atoms with Gasteiger partial charge < -0.3 is 19.5 Å². The van der Waals surface area contributed by atoms with Crippen molar-refractivity contribution in [3.05, 3.63) is 18.2 Å². The van der Waals surface area contributed by atoms with Crippen molar-refractivity contribution in [1.29, 1.82) is 0 Å². The van der Waals surface area contributed by atoms with Crippen molar-refractivity contribution in [2.24, 2.45) is 4.99 Å². The van der Waals surface area contributed by atoms with E-state index in [-0.39, 0.29) is 0 Å². The Bertz CT molecular complexity index is 396. The van der Waals surface area contributed by atoms with Crippen LogP contribution in [0.4, 0.5) is 0 Å². The van der Waals surface area contributed by atoms with Crippen LogP contribution >= 0.6 is 0 Å². The van der Waals surface area contributed by atoms with Gasteiger partial charge in [0.1, 0.15) is 12.4 Å². The summed E-state index contributed by atoms with van der Waals surface area (Å²) in [6.45, 7) is 2.08. The Hall–Kier alpha value is -1.91. The Morgan fingerprint density at radius 1 is 1.24 bits per heavy atom. The van der Waals surface area contributed by atoms with Gasteiger partial charge in [-0.3, -0.25) is 4.99 Å². The molecule has 0 unspecified atom stereocenters. The van der Waals surface area contributed by atoms with Crippen LogP contribution in [-0.4, -0.2) is 39.8 Å². The van der Waals surface area contributed by atoms with Crippen LogP contribution in [0, 0.1) is 0 Å². The van der Waals surface area contributed by atoms with Gasteiger partial charge in [0, 0.05) is 6.54 Å². The Morgan fingerprint density at radius 2 is 1.94 bits per heavy atom. The third-order valence-electron chi connectivity index (χ3n) is 2.48. The molecule has 0 atom stereocenters. The zero-order valence-electron chi connectivity index (χ0n) is 10.0. The number of para-hydroxylation sites is 1. The molecule has 1 aliphatic rings. The number of methoxy groups -OCH3 is 2. The lowest BCUT2D eigenvalue weighted by molar-refractivity contribution is 0.306. The van der Waals surface area contributed by atoms with E-state index in [1.807, 2.05) is 18.2 Å². The van der Waals surface area contributed by atoms with Crippen LogP contribution in [0.3, 0.4) is 0 Å². The minimum atomic E-state index is 0.400. The molecule has 1 aromatic rings. The highest BCUT2D eigenvalue weighted by atomic mass is 16.5. The Labute approximate surface area is 100 Å².